The Kier molecular flexibility index (Phi) is 7.18. The fourth-order valence-electron chi connectivity index (χ4n) is 4.78. The van der Waals surface area contributed by atoms with Crippen molar-refractivity contribution >= 4 is 32.3 Å². The van der Waals surface area contributed by atoms with Gasteiger partial charge in [0.2, 0.25) is 5.91 Å². The molecule has 0 bridgehead atoms. The Morgan fingerprint density at radius 1 is 1.03 bits per heavy atom. The lowest BCUT2D eigenvalue weighted by molar-refractivity contribution is -0.128. The third-order valence-corrected chi connectivity index (χ3v) is 9.44. The van der Waals surface area contributed by atoms with Crippen LogP contribution in [-0.4, -0.2) is 47.1 Å². The monoisotopic (exact) mass is 508 g/mol. The highest BCUT2D eigenvalue weighted by Gasteiger charge is 2.41. The van der Waals surface area contributed by atoms with E-state index in [9.17, 15) is 22.8 Å². The van der Waals surface area contributed by atoms with E-state index in [2.05, 4.69) is 0 Å². The summed E-state index contributed by atoms with van der Waals surface area (Å²) in [6.07, 6.45) is 4.44. The Morgan fingerprint density at radius 2 is 1.72 bits per heavy atom. The highest BCUT2D eigenvalue weighted by atomic mass is 32.2. The number of sulfone groups is 1. The second kappa shape index (κ2) is 10.0. The van der Waals surface area contributed by atoms with E-state index >= 15 is 0 Å². The first-order valence-electron chi connectivity index (χ1n) is 12.3. The maximum atomic E-state index is 13.1. The number of nitrogens with zero attached hydrogens (tertiary/aromatic N) is 2. The number of carbonyl (C=O) groups is 2. The van der Waals surface area contributed by atoms with E-state index in [0.717, 1.165) is 41.3 Å². The number of rotatable bonds is 9. The van der Waals surface area contributed by atoms with Crippen LogP contribution in [0, 0.1) is 0 Å². The van der Waals surface area contributed by atoms with Crippen molar-refractivity contribution in [3.8, 4) is 11.1 Å². The second-order valence-electron chi connectivity index (χ2n) is 9.76. The Hall–Kier alpha value is -3.26. The van der Waals surface area contributed by atoms with Crippen LogP contribution in [0.2, 0.25) is 0 Å². The average molecular weight is 509 g/mol. The van der Waals surface area contributed by atoms with Crippen molar-refractivity contribution in [2.75, 3.05) is 12.8 Å². The maximum Gasteiger partial charge on any atom is 0.258 e. The third kappa shape index (κ3) is 5.00. The molecule has 1 aliphatic heterocycles. The van der Waals surface area contributed by atoms with Crippen molar-refractivity contribution in [1.82, 2.24) is 9.47 Å². The van der Waals surface area contributed by atoms with Gasteiger partial charge in [-0.3, -0.25) is 14.4 Å². The third-order valence-electron chi connectivity index (χ3n) is 7.37. The second-order valence-corrected chi connectivity index (χ2v) is 12.2. The molecule has 0 aliphatic carbocycles. The molecule has 1 amide bonds. The number of aryl methyl sites for hydroxylation is 1. The summed E-state index contributed by atoms with van der Waals surface area (Å²) in [7, 11) is -3.63. The van der Waals surface area contributed by atoms with Crippen molar-refractivity contribution in [1.29, 1.82) is 0 Å². The van der Waals surface area contributed by atoms with Gasteiger partial charge in [0.15, 0.2) is 15.6 Å². The lowest BCUT2D eigenvalue weighted by atomic mass is 9.99. The molecule has 0 unspecified atom stereocenters. The zero-order valence-corrected chi connectivity index (χ0v) is 21.8. The zero-order chi connectivity index (χ0) is 26.1. The zero-order valence-electron chi connectivity index (χ0n) is 21.0. The number of hydrogen-bond donors (Lipinski definition) is 0. The molecule has 190 valence electrons. The molecule has 0 radical (unpaired) electrons. The van der Waals surface area contributed by atoms with Gasteiger partial charge in [0.05, 0.1) is 0 Å². The molecule has 7 nitrogen and oxygen atoms in total. The highest BCUT2D eigenvalue weighted by Crippen LogP contribution is 2.26. The summed E-state index contributed by atoms with van der Waals surface area (Å²) < 4.78 is 24.6. The lowest BCUT2D eigenvalue weighted by Crippen LogP contribution is -2.44. The Morgan fingerprint density at radius 3 is 2.33 bits per heavy atom. The van der Waals surface area contributed by atoms with Crippen LogP contribution in [0.1, 0.15) is 45.1 Å². The van der Waals surface area contributed by atoms with Crippen LogP contribution in [0.3, 0.4) is 0 Å². The van der Waals surface area contributed by atoms with E-state index in [1.54, 1.807) is 19.2 Å². The first-order chi connectivity index (χ1) is 17.0. The van der Waals surface area contributed by atoms with Gasteiger partial charge in [-0.1, -0.05) is 37.3 Å². The molecular formula is C28H32N2O5S. The molecule has 4 rings (SSSR count). The average Bonchev–Trinajstić information content (AvgIpc) is 3.26. The molecule has 1 saturated heterocycles. The summed E-state index contributed by atoms with van der Waals surface area (Å²) >= 11 is 0. The van der Waals surface area contributed by atoms with Gasteiger partial charge in [0.25, 0.3) is 5.56 Å². The van der Waals surface area contributed by atoms with Crippen LogP contribution in [0.4, 0.5) is 0 Å². The quantitative estimate of drug-likeness (QED) is 0.436. The molecule has 2 heterocycles. The first-order valence-corrected chi connectivity index (χ1v) is 14.2. The van der Waals surface area contributed by atoms with E-state index in [0.29, 0.717) is 18.4 Å². The predicted octanol–water partition coefficient (Wildman–Crippen LogP) is 3.96. The molecule has 0 spiro atoms. The topological polar surface area (TPSA) is 93.5 Å². The van der Waals surface area contributed by atoms with Crippen LogP contribution < -0.4 is 5.56 Å². The van der Waals surface area contributed by atoms with E-state index in [-0.39, 0.29) is 36.6 Å². The number of pyridine rings is 1. The van der Waals surface area contributed by atoms with Gasteiger partial charge >= 0.3 is 0 Å². The maximum absolute atomic E-state index is 13.1. The molecule has 2 aromatic carbocycles. The van der Waals surface area contributed by atoms with E-state index in [1.165, 1.54) is 11.5 Å². The molecular weight excluding hydrogens is 476 g/mol. The van der Waals surface area contributed by atoms with Gasteiger partial charge in [0.1, 0.15) is 4.75 Å². The summed E-state index contributed by atoms with van der Waals surface area (Å²) in [5.41, 5.74) is 2.85. The van der Waals surface area contributed by atoms with Gasteiger partial charge in [-0.25, -0.2) is 8.42 Å². The number of hydrogen-bond acceptors (Lipinski definition) is 5. The summed E-state index contributed by atoms with van der Waals surface area (Å²) in [6.45, 7) is 4.66. The molecule has 36 heavy (non-hydrogen) atoms. The van der Waals surface area contributed by atoms with Gasteiger partial charge in [0, 0.05) is 50.3 Å². The molecule has 1 aromatic heterocycles. The smallest absolute Gasteiger partial charge is 0.258 e. The minimum Gasteiger partial charge on any atom is -0.338 e. The van der Waals surface area contributed by atoms with Crippen LogP contribution in [-0.2, 0) is 32.5 Å². The van der Waals surface area contributed by atoms with Crippen LogP contribution in [0.5, 0.6) is 0 Å². The Labute approximate surface area is 211 Å². The van der Waals surface area contributed by atoms with E-state index in [4.69, 9.17) is 0 Å². The number of amides is 1. The fourth-order valence-corrected chi connectivity index (χ4v) is 5.80. The minimum atomic E-state index is -3.63. The molecule has 1 aliphatic rings. The minimum absolute atomic E-state index is 0.0391. The first kappa shape index (κ1) is 25.8. The molecule has 8 heteroatoms. The SMILES string of the molecule is CCC(=O)[C@@](C)(CCn1ccc2cc(-c3ccc(CN4CCCC4=O)cc3)ccc2c1=O)S(C)(=O)=O. The Balaban J connectivity index is 1.54. The normalized spacial score (nSPS) is 15.9. The lowest BCUT2D eigenvalue weighted by Gasteiger charge is -2.26. The van der Waals surface area contributed by atoms with Crippen molar-refractivity contribution in [3.05, 3.63) is 70.6 Å². The number of benzene rings is 2. The van der Waals surface area contributed by atoms with Gasteiger partial charge in [-0.15, -0.1) is 0 Å². The van der Waals surface area contributed by atoms with Crippen LogP contribution in [0.15, 0.2) is 59.5 Å². The number of likely N-dealkylation sites (tertiary alicyclic amines) is 1. The molecule has 1 fully saturated rings. The van der Waals surface area contributed by atoms with Gasteiger partial charge < -0.3 is 9.47 Å². The number of fused-ring (bicyclic) bond motifs is 1. The number of ketones is 1. The molecule has 0 N–H and O–H groups in total. The van der Waals surface area contributed by atoms with Gasteiger partial charge in [-0.2, -0.15) is 0 Å². The molecule has 0 saturated carbocycles. The summed E-state index contributed by atoms with van der Waals surface area (Å²) in [5, 5.41) is 1.32. The van der Waals surface area contributed by atoms with Crippen molar-refractivity contribution in [2.45, 2.75) is 57.4 Å². The summed E-state index contributed by atoms with van der Waals surface area (Å²) in [4.78, 5) is 39.3. The van der Waals surface area contributed by atoms with Gasteiger partial charge in [-0.05, 0) is 60.0 Å². The highest BCUT2D eigenvalue weighted by molar-refractivity contribution is 7.92. The molecule has 1 atom stereocenters. The molecule has 3 aromatic rings. The largest absolute Gasteiger partial charge is 0.338 e. The number of aromatic nitrogens is 1. The summed E-state index contributed by atoms with van der Waals surface area (Å²) in [5.74, 6) is -0.140. The predicted molar refractivity (Wildman–Crippen MR) is 141 cm³/mol. The number of Topliss-reactive ketones (excluding diaryl/α,β-unsaturated/α-hetero) is 1. The van der Waals surface area contributed by atoms with Crippen LogP contribution in [0.25, 0.3) is 21.9 Å². The van der Waals surface area contributed by atoms with Crippen LogP contribution >= 0.6 is 0 Å². The van der Waals surface area contributed by atoms with Crippen molar-refractivity contribution in [3.63, 3.8) is 0 Å². The van der Waals surface area contributed by atoms with Crippen molar-refractivity contribution in [2.24, 2.45) is 0 Å². The number of carbonyl (C=O) groups excluding carboxylic acids is 2. The fraction of sp³-hybridized carbons (Fsp3) is 0.393. The standard InChI is InChI=1S/C28H32N2O5S/c1-4-25(31)28(2,36(3,34)35)14-17-29-16-13-23-18-22(11-12-24(23)27(29)33)21-9-7-20(8-10-21)19-30-15-5-6-26(30)32/h7-13,16,18H,4-6,14-15,17,19H2,1-3H3/t28-/m1/s1. The van der Waals surface area contributed by atoms with E-state index in [1.807, 2.05) is 47.4 Å². The Bertz CT molecular complexity index is 1470. The summed E-state index contributed by atoms with van der Waals surface area (Å²) in [6, 6.07) is 15.6. The van der Waals surface area contributed by atoms with Crippen molar-refractivity contribution < 1.29 is 18.0 Å². The van der Waals surface area contributed by atoms with E-state index < -0.39 is 14.6 Å².